The Kier molecular flexibility index (Phi) is 4.92. The van der Waals surface area contributed by atoms with E-state index in [0.29, 0.717) is 0 Å². The molecular weight excluding hydrogens is 252 g/mol. The van der Waals surface area contributed by atoms with Gasteiger partial charge in [0.1, 0.15) is 17.5 Å². The van der Waals surface area contributed by atoms with Gasteiger partial charge in [-0.2, -0.15) is 5.10 Å². The summed E-state index contributed by atoms with van der Waals surface area (Å²) in [5.74, 6) is 2.59. The highest BCUT2D eigenvalue weighted by molar-refractivity contribution is 5.47. The average Bonchev–Trinajstić information content (AvgIpc) is 2.84. The maximum absolute atomic E-state index is 4.52. The number of aromatic nitrogens is 4. The van der Waals surface area contributed by atoms with Crippen molar-refractivity contribution in [2.24, 2.45) is 7.05 Å². The van der Waals surface area contributed by atoms with Crippen LogP contribution in [0, 0.1) is 0 Å². The number of hydrogen-bond acceptors (Lipinski definition) is 5. The summed E-state index contributed by atoms with van der Waals surface area (Å²) in [6, 6.07) is 3.96. The lowest BCUT2D eigenvalue weighted by atomic mass is 10.3. The molecule has 0 aromatic carbocycles. The molecule has 6 heteroatoms. The van der Waals surface area contributed by atoms with E-state index < -0.39 is 0 Å². The highest BCUT2D eigenvalue weighted by Gasteiger charge is 2.03. The summed E-state index contributed by atoms with van der Waals surface area (Å²) in [6.45, 7) is 2.94. The van der Waals surface area contributed by atoms with E-state index in [9.17, 15) is 0 Å². The molecule has 6 nitrogen and oxygen atoms in total. The van der Waals surface area contributed by atoms with Crippen molar-refractivity contribution < 1.29 is 0 Å². The highest BCUT2D eigenvalue weighted by Crippen LogP contribution is 2.12. The van der Waals surface area contributed by atoms with Crippen LogP contribution in [-0.4, -0.2) is 33.3 Å². The van der Waals surface area contributed by atoms with Gasteiger partial charge in [-0.05, 0) is 12.5 Å². The van der Waals surface area contributed by atoms with Crippen molar-refractivity contribution in [2.45, 2.75) is 26.2 Å². The van der Waals surface area contributed by atoms with Gasteiger partial charge in [-0.3, -0.25) is 4.68 Å². The van der Waals surface area contributed by atoms with E-state index in [1.807, 2.05) is 37.1 Å². The molecule has 0 aliphatic heterocycles. The molecule has 0 fully saturated rings. The Labute approximate surface area is 119 Å². The molecule has 20 heavy (non-hydrogen) atoms. The fraction of sp³-hybridized carbons (Fsp3) is 0.500. The molecule has 0 aliphatic rings. The molecular formula is C14H22N6. The summed E-state index contributed by atoms with van der Waals surface area (Å²) < 4.78 is 1.82. The van der Waals surface area contributed by atoms with Gasteiger partial charge in [0.15, 0.2) is 0 Å². The van der Waals surface area contributed by atoms with E-state index in [1.165, 1.54) is 0 Å². The second kappa shape index (κ2) is 6.88. The van der Waals surface area contributed by atoms with Gasteiger partial charge in [-0.1, -0.05) is 6.92 Å². The Balaban J connectivity index is 1.95. The van der Waals surface area contributed by atoms with E-state index in [1.54, 1.807) is 0 Å². The molecule has 0 atom stereocenters. The summed E-state index contributed by atoms with van der Waals surface area (Å²) in [5, 5.41) is 10.8. The van der Waals surface area contributed by atoms with Crippen molar-refractivity contribution in [1.29, 1.82) is 0 Å². The Hall–Kier alpha value is -2.11. The van der Waals surface area contributed by atoms with Crippen molar-refractivity contribution in [3.8, 4) is 0 Å². The fourth-order valence-corrected chi connectivity index (χ4v) is 1.97. The van der Waals surface area contributed by atoms with E-state index in [0.717, 1.165) is 49.0 Å². The van der Waals surface area contributed by atoms with Gasteiger partial charge in [0.2, 0.25) is 0 Å². The highest BCUT2D eigenvalue weighted by atomic mass is 15.2. The topological polar surface area (TPSA) is 67.7 Å². The normalized spacial score (nSPS) is 10.6. The summed E-state index contributed by atoms with van der Waals surface area (Å²) in [5.41, 5.74) is 1.08. The van der Waals surface area contributed by atoms with Crippen LogP contribution in [0.5, 0.6) is 0 Å². The van der Waals surface area contributed by atoms with Crippen LogP contribution in [0.2, 0.25) is 0 Å². The third-order valence-corrected chi connectivity index (χ3v) is 2.96. The Morgan fingerprint density at radius 2 is 2.00 bits per heavy atom. The van der Waals surface area contributed by atoms with Gasteiger partial charge in [0.25, 0.3) is 0 Å². The average molecular weight is 274 g/mol. The molecule has 2 heterocycles. The largest absolute Gasteiger partial charge is 0.373 e. The molecule has 0 saturated heterocycles. The molecule has 0 bridgehead atoms. The van der Waals surface area contributed by atoms with Crippen LogP contribution in [0.4, 0.5) is 11.6 Å². The van der Waals surface area contributed by atoms with Crippen LogP contribution >= 0.6 is 0 Å². The number of nitrogens with one attached hydrogen (secondary N) is 2. The zero-order valence-electron chi connectivity index (χ0n) is 12.3. The van der Waals surface area contributed by atoms with E-state index >= 15 is 0 Å². The van der Waals surface area contributed by atoms with Crippen LogP contribution in [0.3, 0.4) is 0 Å². The first-order chi connectivity index (χ1) is 9.71. The lowest BCUT2D eigenvalue weighted by Crippen LogP contribution is -2.10. The van der Waals surface area contributed by atoms with Crippen molar-refractivity contribution in [3.05, 3.63) is 29.8 Å². The van der Waals surface area contributed by atoms with Gasteiger partial charge >= 0.3 is 0 Å². The van der Waals surface area contributed by atoms with Gasteiger partial charge < -0.3 is 10.6 Å². The van der Waals surface area contributed by atoms with Crippen LogP contribution < -0.4 is 10.6 Å². The first kappa shape index (κ1) is 14.3. The molecule has 0 saturated carbocycles. The smallest absolute Gasteiger partial charge is 0.133 e. The number of hydrogen-bond donors (Lipinski definition) is 2. The van der Waals surface area contributed by atoms with Gasteiger partial charge in [-0.15, -0.1) is 0 Å². The van der Waals surface area contributed by atoms with E-state index in [-0.39, 0.29) is 0 Å². The van der Waals surface area contributed by atoms with E-state index in [2.05, 4.69) is 32.6 Å². The molecule has 0 amide bonds. The number of aryl methyl sites for hydroxylation is 2. The van der Waals surface area contributed by atoms with Gasteiger partial charge in [-0.25, -0.2) is 9.97 Å². The van der Waals surface area contributed by atoms with Crippen LogP contribution in [0.25, 0.3) is 0 Å². The number of anilines is 2. The zero-order chi connectivity index (χ0) is 14.4. The number of nitrogens with zero attached hydrogens (tertiary/aromatic N) is 4. The van der Waals surface area contributed by atoms with Crippen molar-refractivity contribution in [1.82, 2.24) is 19.7 Å². The molecule has 108 valence electrons. The number of rotatable bonds is 7. The molecule has 0 unspecified atom stereocenters. The summed E-state index contributed by atoms with van der Waals surface area (Å²) in [6.07, 6.45) is 4.77. The summed E-state index contributed by atoms with van der Waals surface area (Å²) in [7, 11) is 3.80. The molecule has 2 aromatic heterocycles. The maximum atomic E-state index is 4.52. The third-order valence-electron chi connectivity index (χ3n) is 2.96. The molecule has 2 rings (SSSR count). The minimum atomic E-state index is 0.808. The minimum absolute atomic E-state index is 0.808. The first-order valence-corrected chi connectivity index (χ1v) is 6.99. The molecule has 0 aliphatic carbocycles. The second-order valence-electron chi connectivity index (χ2n) is 4.71. The van der Waals surface area contributed by atoms with E-state index in [4.69, 9.17) is 0 Å². The predicted molar refractivity (Wildman–Crippen MR) is 81.0 cm³/mol. The van der Waals surface area contributed by atoms with Crippen molar-refractivity contribution >= 4 is 11.6 Å². The molecule has 0 spiro atoms. The third kappa shape index (κ3) is 3.94. The van der Waals surface area contributed by atoms with Crippen molar-refractivity contribution in [2.75, 3.05) is 24.2 Å². The zero-order valence-corrected chi connectivity index (χ0v) is 12.3. The van der Waals surface area contributed by atoms with Crippen LogP contribution in [0.15, 0.2) is 18.3 Å². The quantitative estimate of drug-likeness (QED) is 0.806. The lowest BCUT2D eigenvalue weighted by molar-refractivity contribution is 0.741. The predicted octanol–water partition coefficient (Wildman–Crippen LogP) is 1.86. The Morgan fingerprint density at radius 3 is 2.65 bits per heavy atom. The summed E-state index contributed by atoms with van der Waals surface area (Å²) >= 11 is 0. The SMILES string of the molecule is CCCc1nc(NC)cc(NCCc2ccn(C)n2)n1. The maximum Gasteiger partial charge on any atom is 0.133 e. The van der Waals surface area contributed by atoms with Crippen molar-refractivity contribution in [3.63, 3.8) is 0 Å². The van der Waals surface area contributed by atoms with Crippen LogP contribution in [-0.2, 0) is 19.9 Å². The Bertz CT molecular complexity index is 548. The molecule has 2 aromatic rings. The molecule has 0 radical (unpaired) electrons. The summed E-state index contributed by atoms with van der Waals surface area (Å²) in [4.78, 5) is 8.95. The first-order valence-electron chi connectivity index (χ1n) is 6.99. The monoisotopic (exact) mass is 274 g/mol. The van der Waals surface area contributed by atoms with Crippen LogP contribution in [0.1, 0.15) is 24.9 Å². The Morgan fingerprint density at radius 1 is 1.20 bits per heavy atom. The minimum Gasteiger partial charge on any atom is -0.373 e. The fourth-order valence-electron chi connectivity index (χ4n) is 1.97. The second-order valence-corrected chi connectivity index (χ2v) is 4.71. The lowest BCUT2D eigenvalue weighted by Gasteiger charge is -2.09. The van der Waals surface area contributed by atoms with Gasteiger partial charge in [0.05, 0.1) is 5.69 Å². The van der Waals surface area contributed by atoms with Gasteiger partial charge in [0, 0.05) is 45.7 Å². The molecule has 2 N–H and O–H groups in total. The standard InChI is InChI=1S/C14H22N6/c1-4-5-12-17-13(15-2)10-14(18-12)16-8-6-11-7-9-20(3)19-11/h7,9-10H,4-6,8H2,1-3H3,(H2,15,16,17,18).